The average Bonchev–Trinajstić information content (AvgIpc) is 2.18. The third kappa shape index (κ3) is 1.50. The molecule has 1 aliphatic rings. The lowest BCUT2D eigenvalue weighted by atomic mass is 10.0. The van der Waals surface area contributed by atoms with Crippen LogP contribution < -0.4 is 10.1 Å². The maximum Gasteiger partial charge on any atom is 0.337 e. The lowest BCUT2D eigenvalue weighted by molar-refractivity contribution is -0.129. The lowest BCUT2D eigenvalue weighted by Crippen LogP contribution is -2.46. The number of nitrogens with one attached hydrogen (secondary N) is 1. The molecule has 84 valence electrons. The van der Waals surface area contributed by atoms with Gasteiger partial charge in [-0.3, -0.25) is 4.79 Å². The number of rotatable bonds is 1. The van der Waals surface area contributed by atoms with Gasteiger partial charge in [-0.1, -0.05) is 6.07 Å². The Balaban J connectivity index is 2.55. The number of ether oxygens (including phenoxy) is 1. The predicted molar refractivity (Wildman–Crippen MR) is 56.7 cm³/mol. The number of carbonyl (C=O) groups excluding carboxylic acids is 1. The van der Waals surface area contributed by atoms with E-state index in [0.717, 1.165) is 0 Å². The van der Waals surface area contributed by atoms with Crippen molar-refractivity contribution in [1.82, 2.24) is 0 Å². The van der Waals surface area contributed by atoms with Crippen molar-refractivity contribution >= 4 is 17.6 Å². The molecule has 1 amide bonds. The van der Waals surface area contributed by atoms with Crippen molar-refractivity contribution in [2.45, 2.75) is 19.4 Å². The van der Waals surface area contributed by atoms with Gasteiger partial charge < -0.3 is 15.2 Å². The highest BCUT2D eigenvalue weighted by Gasteiger charge is 2.36. The van der Waals surface area contributed by atoms with E-state index in [4.69, 9.17) is 9.84 Å². The van der Waals surface area contributed by atoms with Gasteiger partial charge in [-0.25, -0.2) is 4.79 Å². The van der Waals surface area contributed by atoms with Gasteiger partial charge in [0.15, 0.2) is 5.60 Å². The van der Waals surface area contributed by atoms with Crippen molar-refractivity contribution in [1.29, 1.82) is 0 Å². The van der Waals surface area contributed by atoms with E-state index in [2.05, 4.69) is 5.32 Å². The minimum absolute atomic E-state index is 0.0290. The maximum atomic E-state index is 11.6. The van der Waals surface area contributed by atoms with Gasteiger partial charge in [0.25, 0.3) is 5.91 Å². The average molecular weight is 221 g/mol. The van der Waals surface area contributed by atoms with E-state index in [1.807, 2.05) is 0 Å². The second-order valence-electron chi connectivity index (χ2n) is 4.05. The van der Waals surface area contributed by atoms with Crippen molar-refractivity contribution in [3.05, 3.63) is 23.8 Å². The van der Waals surface area contributed by atoms with Crippen LogP contribution in [0.2, 0.25) is 0 Å². The van der Waals surface area contributed by atoms with E-state index in [-0.39, 0.29) is 17.2 Å². The molecule has 0 aliphatic carbocycles. The monoisotopic (exact) mass is 221 g/mol. The van der Waals surface area contributed by atoms with Gasteiger partial charge in [0.05, 0.1) is 11.3 Å². The lowest BCUT2D eigenvalue weighted by Gasteiger charge is -2.32. The first-order valence-electron chi connectivity index (χ1n) is 4.78. The third-order valence-corrected chi connectivity index (χ3v) is 2.41. The molecule has 2 rings (SSSR count). The number of benzene rings is 1. The van der Waals surface area contributed by atoms with E-state index >= 15 is 0 Å². The molecule has 2 N–H and O–H groups in total. The highest BCUT2D eigenvalue weighted by Crippen LogP contribution is 2.35. The van der Waals surface area contributed by atoms with Crippen LogP contribution in [0, 0.1) is 0 Å². The molecule has 5 nitrogen and oxygen atoms in total. The Morgan fingerprint density at radius 3 is 2.75 bits per heavy atom. The van der Waals surface area contributed by atoms with Crippen LogP contribution in [0.25, 0.3) is 0 Å². The zero-order valence-electron chi connectivity index (χ0n) is 8.90. The summed E-state index contributed by atoms with van der Waals surface area (Å²) in [5.74, 6) is -1.07. The first kappa shape index (κ1) is 10.5. The molecule has 0 fully saturated rings. The number of amides is 1. The Morgan fingerprint density at radius 2 is 2.12 bits per heavy atom. The van der Waals surface area contributed by atoms with Gasteiger partial charge in [0, 0.05) is 0 Å². The van der Waals surface area contributed by atoms with Crippen molar-refractivity contribution in [3.8, 4) is 5.75 Å². The summed E-state index contributed by atoms with van der Waals surface area (Å²) in [6.45, 7) is 3.25. The molecule has 0 atom stereocenters. The largest absolute Gasteiger partial charge is 0.478 e. The molecular formula is C11H11NO4. The van der Waals surface area contributed by atoms with E-state index in [0.29, 0.717) is 5.75 Å². The summed E-state index contributed by atoms with van der Waals surface area (Å²) in [6.07, 6.45) is 0. The Kier molecular flexibility index (Phi) is 2.11. The summed E-state index contributed by atoms with van der Waals surface area (Å²) in [6, 6.07) is 4.63. The number of aromatic carboxylic acids is 1. The number of hydrogen-bond acceptors (Lipinski definition) is 3. The smallest absolute Gasteiger partial charge is 0.337 e. The van der Waals surface area contributed by atoms with Crippen LogP contribution in [0.5, 0.6) is 5.75 Å². The first-order valence-corrected chi connectivity index (χ1v) is 4.78. The molecule has 0 saturated carbocycles. The van der Waals surface area contributed by atoms with Gasteiger partial charge in [-0.15, -0.1) is 0 Å². The van der Waals surface area contributed by atoms with Crippen LogP contribution in [-0.2, 0) is 4.79 Å². The van der Waals surface area contributed by atoms with Crippen LogP contribution in [0.4, 0.5) is 5.69 Å². The van der Waals surface area contributed by atoms with Gasteiger partial charge >= 0.3 is 5.97 Å². The number of carboxylic acids is 1. The van der Waals surface area contributed by atoms with Crippen LogP contribution in [-0.4, -0.2) is 22.6 Å². The van der Waals surface area contributed by atoms with Crippen molar-refractivity contribution in [3.63, 3.8) is 0 Å². The molecular weight excluding hydrogens is 210 g/mol. The number of carboxylic acid groups (broad SMARTS) is 1. The van der Waals surface area contributed by atoms with E-state index in [1.165, 1.54) is 6.07 Å². The maximum absolute atomic E-state index is 11.6. The van der Waals surface area contributed by atoms with Gasteiger partial charge in [0.1, 0.15) is 5.75 Å². The zero-order chi connectivity index (χ0) is 11.9. The number of fused-ring (bicyclic) bond motifs is 1. The minimum Gasteiger partial charge on any atom is -0.478 e. The molecule has 0 spiro atoms. The van der Waals surface area contributed by atoms with Crippen molar-refractivity contribution in [2.24, 2.45) is 0 Å². The highest BCUT2D eigenvalue weighted by atomic mass is 16.5. The molecule has 1 aliphatic heterocycles. The van der Waals surface area contributed by atoms with Gasteiger partial charge in [0.2, 0.25) is 0 Å². The second kappa shape index (κ2) is 3.23. The topological polar surface area (TPSA) is 75.6 Å². The summed E-state index contributed by atoms with van der Waals surface area (Å²) >= 11 is 0. The highest BCUT2D eigenvalue weighted by molar-refractivity contribution is 6.06. The van der Waals surface area contributed by atoms with Crippen LogP contribution in [0.15, 0.2) is 18.2 Å². The molecule has 0 bridgehead atoms. The second-order valence-corrected chi connectivity index (χ2v) is 4.05. The third-order valence-electron chi connectivity index (χ3n) is 2.41. The quantitative estimate of drug-likeness (QED) is 0.753. The minimum atomic E-state index is -1.10. The number of carbonyl (C=O) groups is 2. The first-order chi connectivity index (χ1) is 7.42. The van der Waals surface area contributed by atoms with E-state index in [1.54, 1.807) is 26.0 Å². The SMILES string of the molecule is CC1(C)Oc2cccc(C(=O)O)c2NC1=O. The summed E-state index contributed by atoms with van der Waals surface area (Å²) in [4.78, 5) is 22.6. The van der Waals surface area contributed by atoms with Gasteiger partial charge in [-0.05, 0) is 26.0 Å². The molecule has 0 unspecified atom stereocenters. The van der Waals surface area contributed by atoms with E-state index < -0.39 is 11.6 Å². The summed E-state index contributed by atoms with van der Waals surface area (Å²) in [5.41, 5.74) is -0.731. The Morgan fingerprint density at radius 1 is 1.44 bits per heavy atom. The van der Waals surface area contributed by atoms with Crippen molar-refractivity contribution in [2.75, 3.05) is 5.32 Å². The normalized spacial score (nSPS) is 17.0. The molecule has 1 heterocycles. The fourth-order valence-corrected chi connectivity index (χ4v) is 1.51. The summed E-state index contributed by atoms with van der Waals surface area (Å²) < 4.78 is 5.45. The fraction of sp³-hybridized carbons (Fsp3) is 0.273. The number of para-hydroxylation sites is 1. The fourth-order valence-electron chi connectivity index (χ4n) is 1.51. The van der Waals surface area contributed by atoms with E-state index in [9.17, 15) is 9.59 Å². The Hall–Kier alpha value is -2.04. The van der Waals surface area contributed by atoms with Crippen molar-refractivity contribution < 1.29 is 19.4 Å². The molecule has 0 saturated heterocycles. The molecule has 0 radical (unpaired) electrons. The zero-order valence-corrected chi connectivity index (χ0v) is 8.90. The standard InChI is InChI=1S/C11H11NO4/c1-11(2)10(15)12-8-6(9(13)14)4-3-5-7(8)16-11/h3-5H,1-2H3,(H,12,15)(H,13,14). The molecule has 1 aromatic rings. The summed E-state index contributed by atoms with van der Waals surface area (Å²) in [5, 5.41) is 11.5. The molecule has 0 aromatic heterocycles. The molecule has 5 heteroatoms. The number of hydrogen-bond donors (Lipinski definition) is 2. The van der Waals surface area contributed by atoms with Crippen LogP contribution in [0.1, 0.15) is 24.2 Å². The number of anilines is 1. The van der Waals surface area contributed by atoms with Crippen LogP contribution >= 0.6 is 0 Å². The summed E-state index contributed by atoms with van der Waals surface area (Å²) in [7, 11) is 0. The molecule has 1 aromatic carbocycles. The Labute approximate surface area is 92.0 Å². The Bertz CT molecular complexity index is 479. The molecule has 16 heavy (non-hydrogen) atoms. The van der Waals surface area contributed by atoms with Crippen LogP contribution in [0.3, 0.4) is 0 Å². The predicted octanol–water partition coefficient (Wildman–Crippen LogP) is 1.49. The van der Waals surface area contributed by atoms with Gasteiger partial charge in [-0.2, -0.15) is 0 Å².